The predicted octanol–water partition coefficient (Wildman–Crippen LogP) is 5.13. The third kappa shape index (κ3) is 5.61. The fraction of sp³-hybridized carbons (Fsp3) is 0.727. The predicted molar refractivity (Wildman–Crippen MR) is 114 cm³/mol. The summed E-state index contributed by atoms with van der Waals surface area (Å²) in [5.41, 5.74) is 0.596. The van der Waals surface area contributed by atoms with Crippen LogP contribution in [0.25, 0.3) is 0 Å². The van der Waals surface area contributed by atoms with E-state index in [2.05, 4.69) is 46.4 Å². The molecule has 1 aliphatic carbocycles. The van der Waals surface area contributed by atoms with Crippen molar-refractivity contribution in [3.8, 4) is 0 Å². The minimum Gasteiger partial charge on any atom is -0.481 e. The van der Waals surface area contributed by atoms with Gasteiger partial charge in [-0.2, -0.15) is 10.1 Å². The van der Waals surface area contributed by atoms with Crippen LogP contribution in [0.5, 0.6) is 0 Å². The van der Waals surface area contributed by atoms with Crippen LogP contribution in [0.3, 0.4) is 0 Å². The zero-order valence-corrected chi connectivity index (χ0v) is 18.4. The summed E-state index contributed by atoms with van der Waals surface area (Å²) >= 11 is 0. The van der Waals surface area contributed by atoms with Crippen LogP contribution in [-0.4, -0.2) is 31.4 Å². The molecule has 0 unspecified atom stereocenters. The van der Waals surface area contributed by atoms with Crippen molar-refractivity contribution in [2.45, 2.75) is 91.0 Å². The van der Waals surface area contributed by atoms with E-state index < -0.39 is 5.97 Å². The minimum absolute atomic E-state index is 0.0120. The van der Waals surface area contributed by atoms with Gasteiger partial charge in [0, 0.05) is 5.92 Å². The second-order valence-corrected chi connectivity index (χ2v) is 9.65. The average Bonchev–Trinajstić information content (AvgIpc) is 3.37. The molecule has 2 aromatic heterocycles. The summed E-state index contributed by atoms with van der Waals surface area (Å²) < 4.78 is 5.44. The Morgan fingerprint density at radius 3 is 2.73 bits per heavy atom. The Bertz CT molecular complexity index is 788. The molecule has 3 N–H and O–H groups in total. The highest BCUT2D eigenvalue weighted by Gasteiger charge is 2.41. The number of nitrogens with one attached hydrogen (secondary N) is 2. The standard InChI is InChI=1S/C22H35N5O3/c1-21(2,3)22(10-5-4-6-11-22)12-7-8-16(14-19(28)29)20-25-18(27-30-20)15-23-17-9-13-24-26-17/h9,13,16H,4-8,10-12,14-15H2,1-3H3,(H,28,29)(H2,23,24,26)/t16-/m1/s1. The van der Waals surface area contributed by atoms with Crippen molar-refractivity contribution in [2.24, 2.45) is 10.8 Å². The number of carbonyl (C=O) groups is 1. The van der Waals surface area contributed by atoms with Crippen molar-refractivity contribution in [3.05, 3.63) is 24.0 Å². The molecule has 3 rings (SSSR count). The van der Waals surface area contributed by atoms with Gasteiger partial charge < -0.3 is 14.9 Å². The van der Waals surface area contributed by atoms with Gasteiger partial charge >= 0.3 is 5.97 Å². The molecule has 2 aromatic rings. The zero-order chi connectivity index (χ0) is 21.6. The van der Waals surface area contributed by atoms with Crippen molar-refractivity contribution in [1.29, 1.82) is 0 Å². The Morgan fingerprint density at radius 1 is 1.33 bits per heavy atom. The largest absolute Gasteiger partial charge is 0.481 e. The molecule has 1 atom stereocenters. The van der Waals surface area contributed by atoms with Crippen LogP contribution in [0.2, 0.25) is 0 Å². The summed E-state index contributed by atoms with van der Waals surface area (Å²) in [7, 11) is 0. The molecule has 0 aromatic carbocycles. The van der Waals surface area contributed by atoms with E-state index in [-0.39, 0.29) is 17.8 Å². The topological polar surface area (TPSA) is 117 Å². The SMILES string of the molecule is CC(C)(C)C1(CCC[C@H](CC(=O)O)c2nc(CNc3ccn[nH]3)no2)CCCCC1. The summed E-state index contributed by atoms with van der Waals surface area (Å²) in [6.07, 6.45) is 11.0. The summed E-state index contributed by atoms with van der Waals surface area (Å²) in [6, 6.07) is 1.81. The smallest absolute Gasteiger partial charge is 0.304 e. The van der Waals surface area contributed by atoms with Gasteiger partial charge in [0.1, 0.15) is 5.82 Å². The Labute approximate surface area is 178 Å². The van der Waals surface area contributed by atoms with Crippen molar-refractivity contribution >= 4 is 11.8 Å². The van der Waals surface area contributed by atoms with Gasteiger partial charge in [0.2, 0.25) is 5.89 Å². The zero-order valence-electron chi connectivity index (χ0n) is 18.4. The molecule has 1 aliphatic rings. The van der Waals surface area contributed by atoms with Gasteiger partial charge in [-0.15, -0.1) is 0 Å². The third-order valence-electron chi connectivity index (χ3n) is 6.80. The lowest BCUT2D eigenvalue weighted by molar-refractivity contribution is -0.137. The number of hydrogen-bond acceptors (Lipinski definition) is 6. The Morgan fingerprint density at radius 2 is 2.10 bits per heavy atom. The second-order valence-electron chi connectivity index (χ2n) is 9.65. The Balaban J connectivity index is 1.61. The molecular formula is C22H35N5O3. The molecule has 8 nitrogen and oxygen atoms in total. The molecule has 8 heteroatoms. The third-order valence-corrected chi connectivity index (χ3v) is 6.80. The maximum Gasteiger partial charge on any atom is 0.304 e. The van der Waals surface area contributed by atoms with E-state index >= 15 is 0 Å². The van der Waals surface area contributed by atoms with Crippen LogP contribution in [0.1, 0.15) is 96.2 Å². The molecule has 30 heavy (non-hydrogen) atoms. The lowest BCUT2D eigenvalue weighted by atomic mass is 9.57. The molecule has 0 bridgehead atoms. The van der Waals surface area contributed by atoms with Crippen LogP contribution in [-0.2, 0) is 11.3 Å². The first-order valence-corrected chi connectivity index (χ1v) is 11.1. The summed E-state index contributed by atoms with van der Waals surface area (Å²) in [5, 5.41) is 23.2. The Kier molecular flexibility index (Phi) is 7.15. The van der Waals surface area contributed by atoms with E-state index in [9.17, 15) is 9.90 Å². The van der Waals surface area contributed by atoms with E-state index in [0.29, 0.717) is 23.7 Å². The number of carboxylic acids is 1. The average molecular weight is 418 g/mol. The maximum atomic E-state index is 11.4. The van der Waals surface area contributed by atoms with Crippen LogP contribution in [0.4, 0.5) is 5.82 Å². The van der Waals surface area contributed by atoms with Crippen molar-refractivity contribution in [2.75, 3.05) is 5.32 Å². The molecule has 1 saturated carbocycles. The molecular weight excluding hydrogens is 382 g/mol. The molecule has 0 spiro atoms. The number of aliphatic carboxylic acids is 1. The van der Waals surface area contributed by atoms with E-state index in [4.69, 9.17) is 4.52 Å². The lowest BCUT2D eigenvalue weighted by Crippen LogP contribution is -2.37. The first-order chi connectivity index (χ1) is 14.3. The number of aromatic amines is 1. The van der Waals surface area contributed by atoms with E-state index in [1.54, 1.807) is 6.20 Å². The van der Waals surface area contributed by atoms with Crippen LogP contribution in [0.15, 0.2) is 16.8 Å². The van der Waals surface area contributed by atoms with Gasteiger partial charge in [-0.25, -0.2) is 0 Å². The van der Waals surface area contributed by atoms with Crippen molar-refractivity contribution < 1.29 is 14.4 Å². The maximum absolute atomic E-state index is 11.4. The van der Waals surface area contributed by atoms with Crippen LogP contribution < -0.4 is 5.32 Å². The van der Waals surface area contributed by atoms with E-state index in [1.807, 2.05) is 6.07 Å². The number of anilines is 1. The van der Waals surface area contributed by atoms with Crippen LogP contribution >= 0.6 is 0 Å². The minimum atomic E-state index is -0.835. The fourth-order valence-electron chi connectivity index (χ4n) is 4.85. The number of nitrogens with zero attached hydrogens (tertiary/aromatic N) is 3. The highest BCUT2D eigenvalue weighted by molar-refractivity contribution is 5.67. The quantitative estimate of drug-likeness (QED) is 0.490. The van der Waals surface area contributed by atoms with E-state index in [1.165, 1.54) is 32.1 Å². The normalized spacial score (nSPS) is 17.6. The van der Waals surface area contributed by atoms with Gasteiger partial charge in [0.25, 0.3) is 0 Å². The molecule has 1 fully saturated rings. The van der Waals surface area contributed by atoms with Gasteiger partial charge in [0.05, 0.1) is 19.2 Å². The monoisotopic (exact) mass is 417 g/mol. The van der Waals surface area contributed by atoms with Crippen molar-refractivity contribution in [3.63, 3.8) is 0 Å². The molecule has 2 heterocycles. The Hall–Kier alpha value is -2.38. The first kappa shape index (κ1) is 22.3. The highest BCUT2D eigenvalue weighted by Crippen LogP contribution is 2.53. The fourth-order valence-corrected chi connectivity index (χ4v) is 4.85. The molecule has 0 aliphatic heterocycles. The van der Waals surface area contributed by atoms with Crippen molar-refractivity contribution in [1.82, 2.24) is 20.3 Å². The van der Waals surface area contributed by atoms with Gasteiger partial charge in [-0.1, -0.05) is 51.6 Å². The van der Waals surface area contributed by atoms with E-state index in [0.717, 1.165) is 25.1 Å². The summed E-state index contributed by atoms with van der Waals surface area (Å²) in [5.74, 6) is 0.610. The molecule has 0 radical (unpaired) electrons. The van der Waals surface area contributed by atoms with Gasteiger partial charge in [-0.3, -0.25) is 9.89 Å². The number of H-pyrrole nitrogens is 1. The lowest BCUT2D eigenvalue weighted by Gasteiger charge is -2.48. The highest BCUT2D eigenvalue weighted by atomic mass is 16.5. The molecule has 0 saturated heterocycles. The number of aromatic nitrogens is 4. The second kappa shape index (κ2) is 9.62. The molecule has 166 valence electrons. The summed E-state index contributed by atoms with van der Waals surface area (Å²) in [4.78, 5) is 15.9. The van der Waals surface area contributed by atoms with Gasteiger partial charge in [0.15, 0.2) is 5.82 Å². The first-order valence-electron chi connectivity index (χ1n) is 11.1. The number of hydrogen-bond donors (Lipinski definition) is 3. The molecule has 0 amide bonds. The number of rotatable bonds is 10. The van der Waals surface area contributed by atoms with Gasteiger partial charge in [-0.05, 0) is 42.6 Å². The van der Waals surface area contributed by atoms with Crippen LogP contribution in [0, 0.1) is 10.8 Å². The summed E-state index contributed by atoms with van der Waals surface area (Å²) in [6.45, 7) is 7.44. The number of carboxylic acid groups (broad SMARTS) is 1.